The van der Waals surface area contributed by atoms with Crippen molar-refractivity contribution in [3.05, 3.63) is 58.1 Å². The van der Waals surface area contributed by atoms with E-state index in [2.05, 4.69) is 33.4 Å². The van der Waals surface area contributed by atoms with Crippen LogP contribution in [-0.4, -0.2) is 28.0 Å². The molecule has 2 aromatic rings. The summed E-state index contributed by atoms with van der Waals surface area (Å²) in [6.45, 7) is 0.476. The highest BCUT2D eigenvalue weighted by Gasteiger charge is 2.34. The quantitative estimate of drug-likeness (QED) is 0.657. The smallest absolute Gasteiger partial charge is 0.252 e. The molecule has 0 bridgehead atoms. The molecule has 0 saturated heterocycles. The van der Waals surface area contributed by atoms with Gasteiger partial charge in [0.1, 0.15) is 5.75 Å². The van der Waals surface area contributed by atoms with Gasteiger partial charge < -0.3 is 10.1 Å². The molecule has 1 aliphatic rings. The zero-order valence-electron chi connectivity index (χ0n) is 16.3. The summed E-state index contributed by atoms with van der Waals surface area (Å²) in [5, 5.41) is 8.22. The summed E-state index contributed by atoms with van der Waals surface area (Å²) in [5.41, 5.74) is 1.28. The number of rotatable bonds is 6. The fraction of sp³-hybridized carbons (Fsp3) is 0.381. The van der Waals surface area contributed by atoms with Crippen LogP contribution in [0.25, 0.3) is 0 Å². The number of benzene rings is 2. The third kappa shape index (κ3) is 4.99. The summed E-state index contributed by atoms with van der Waals surface area (Å²) >= 11 is 3.33. The van der Waals surface area contributed by atoms with Crippen molar-refractivity contribution in [3.63, 3.8) is 0 Å². The Kier molecular flexibility index (Phi) is 6.65. The lowest BCUT2D eigenvalue weighted by Gasteiger charge is -2.38. The minimum atomic E-state index is -3.89. The van der Waals surface area contributed by atoms with Crippen LogP contribution in [0, 0.1) is 0 Å². The van der Waals surface area contributed by atoms with Crippen molar-refractivity contribution in [2.24, 2.45) is 5.14 Å². The zero-order chi connectivity index (χ0) is 21.1. The number of carbonyl (C=O) groups excluding carboxylic acids is 1. The van der Waals surface area contributed by atoms with E-state index in [9.17, 15) is 13.2 Å². The Balaban J connectivity index is 1.84. The number of nitrogens with two attached hydrogens (primary N) is 1. The number of primary sulfonamides is 1. The number of hydrogen-bond acceptors (Lipinski definition) is 4. The molecular weight excluding hydrogens is 456 g/mol. The first kappa shape index (κ1) is 21.8. The first-order valence-electron chi connectivity index (χ1n) is 9.50. The van der Waals surface area contributed by atoms with Crippen molar-refractivity contribution < 1.29 is 17.9 Å². The minimum Gasteiger partial charge on any atom is -0.497 e. The molecule has 29 heavy (non-hydrogen) atoms. The van der Waals surface area contributed by atoms with E-state index >= 15 is 0 Å². The van der Waals surface area contributed by atoms with Crippen LogP contribution in [-0.2, 0) is 15.4 Å². The van der Waals surface area contributed by atoms with Gasteiger partial charge in [0, 0.05) is 16.4 Å². The van der Waals surface area contributed by atoms with Gasteiger partial charge in [-0.05, 0) is 64.7 Å². The second-order valence-corrected chi connectivity index (χ2v) is 9.85. The summed E-state index contributed by atoms with van der Waals surface area (Å²) in [6, 6.07) is 12.2. The lowest BCUT2D eigenvalue weighted by molar-refractivity contribution is 0.0935. The molecule has 0 heterocycles. The number of hydrogen-bond donors (Lipinski definition) is 2. The molecule has 1 amide bonds. The number of ether oxygens (including phenoxy) is 1. The molecule has 2 aromatic carbocycles. The molecule has 1 fully saturated rings. The highest BCUT2D eigenvalue weighted by Crippen LogP contribution is 2.39. The Morgan fingerprint density at radius 1 is 1.14 bits per heavy atom. The van der Waals surface area contributed by atoms with Gasteiger partial charge in [-0.2, -0.15) is 0 Å². The first-order chi connectivity index (χ1) is 13.7. The normalized spacial score (nSPS) is 16.2. The van der Waals surface area contributed by atoms with Crippen LogP contribution < -0.4 is 15.2 Å². The molecule has 3 N–H and O–H groups in total. The fourth-order valence-electron chi connectivity index (χ4n) is 3.94. The lowest BCUT2D eigenvalue weighted by atomic mass is 9.69. The van der Waals surface area contributed by atoms with Crippen LogP contribution in [0.15, 0.2) is 51.8 Å². The van der Waals surface area contributed by atoms with E-state index in [4.69, 9.17) is 9.88 Å². The second-order valence-electron chi connectivity index (χ2n) is 7.44. The molecule has 1 saturated carbocycles. The van der Waals surface area contributed by atoms with E-state index < -0.39 is 10.0 Å². The van der Waals surface area contributed by atoms with Gasteiger partial charge in [-0.3, -0.25) is 4.79 Å². The maximum atomic E-state index is 12.9. The molecule has 0 unspecified atom stereocenters. The van der Waals surface area contributed by atoms with E-state index in [-0.39, 0.29) is 21.8 Å². The number of halogens is 1. The SMILES string of the molecule is COc1ccc(C2(CNC(=O)c3cc(S(N)(=O)=O)ccc3Br)CCCCC2)cc1. The van der Waals surface area contributed by atoms with E-state index in [0.717, 1.165) is 31.4 Å². The Hall–Kier alpha value is -1.90. The van der Waals surface area contributed by atoms with Gasteiger partial charge >= 0.3 is 0 Å². The van der Waals surface area contributed by atoms with Crippen LogP contribution in [0.2, 0.25) is 0 Å². The second kappa shape index (κ2) is 8.85. The topological polar surface area (TPSA) is 98.5 Å². The third-order valence-electron chi connectivity index (χ3n) is 5.61. The first-order valence-corrected chi connectivity index (χ1v) is 11.8. The lowest BCUT2D eigenvalue weighted by Crippen LogP contribution is -2.42. The molecule has 3 rings (SSSR count). The number of sulfonamides is 1. The van der Waals surface area contributed by atoms with Gasteiger partial charge in [0.15, 0.2) is 0 Å². The van der Waals surface area contributed by atoms with Gasteiger partial charge in [-0.15, -0.1) is 0 Å². The third-order valence-corrected chi connectivity index (χ3v) is 7.21. The van der Waals surface area contributed by atoms with Gasteiger partial charge in [0.25, 0.3) is 5.91 Å². The average molecular weight is 481 g/mol. The number of carbonyl (C=O) groups is 1. The van der Waals surface area contributed by atoms with Crippen molar-refractivity contribution in [2.45, 2.75) is 42.4 Å². The van der Waals surface area contributed by atoms with Crippen LogP contribution in [0.1, 0.15) is 48.0 Å². The Morgan fingerprint density at radius 3 is 2.38 bits per heavy atom. The molecule has 0 aliphatic heterocycles. The van der Waals surface area contributed by atoms with Crippen LogP contribution in [0.5, 0.6) is 5.75 Å². The van der Waals surface area contributed by atoms with Gasteiger partial charge in [0.05, 0.1) is 17.6 Å². The Labute approximate surface area is 180 Å². The number of amides is 1. The highest BCUT2D eigenvalue weighted by atomic mass is 79.9. The summed E-state index contributed by atoms with van der Waals surface area (Å²) < 4.78 is 29.0. The van der Waals surface area contributed by atoms with Gasteiger partial charge in [-0.25, -0.2) is 13.6 Å². The van der Waals surface area contributed by atoms with Crippen molar-refractivity contribution in [1.82, 2.24) is 5.32 Å². The Bertz CT molecular complexity index is 984. The van der Waals surface area contributed by atoms with E-state index in [1.54, 1.807) is 7.11 Å². The van der Waals surface area contributed by atoms with Crippen molar-refractivity contribution >= 4 is 31.9 Å². The molecule has 1 aliphatic carbocycles. The van der Waals surface area contributed by atoms with Crippen molar-refractivity contribution in [1.29, 1.82) is 0 Å². The molecule has 0 atom stereocenters. The highest BCUT2D eigenvalue weighted by molar-refractivity contribution is 9.10. The monoisotopic (exact) mass is 480 g/mol. The van der Waals surface area contributed by atoms with E-state index in [0.29, 0.717) is 11.0 Å². The summed E-state index contributed by atoms with van der Waals surface area (Å²) in [5.74, 6) is 0.466. The van der Waals surface area contributed by atoms with E-state index in [1.807, 2.05) is 12.1 Å². The van der Waals surface area contributed by atoms with Crippen LogP contribution in [0.4, 0.5) is 0 Å². The fourth-order valence-corrected chi connectivity index (χ4v) is 4.91. The summed E-state index contributed by atoms with van der Waals surface area (Å²) in [4.78, 5) is 12.8. The Morgan fingerprint density at radius 2 is 1.79 bits per heavy atom. The molecule has 8 heteroatoms. The maximum Gasteiger partial charge on any atom is 0.252 e. The summed E-state index contributed by atoms with van der Waals surface area (Å²) in [7, 11) is -2.25. The predicted octanol–water partition coefficient (Wildman–Crippen LogP) is 3.74. The molecule has 6 nitrogen and oxygen atoms in total. The molecular formula is C21H25BrN2O4S. The molecule has 0 spiro atoms. The van der Waals surface area contributed by atoms with Gasteiger partial charge in [-0.1, -0.05) is 31.4 Å². The van der Waals surface area contributed by atoms with Crippen molar-refractivity contribution in [2.75, 3.05) is 13.7 Å². The number of methoxy groups -OCH3 is 1. The van der Waals surface area contributed by atoms with Crippen LogP contribution >= 0.6 is 15.9 Å². The molecule has 156 valence electrons. The predicted molar refractivity (Wildman–Crippen MR) is 116 cm³/mol. The minimum absolute atomic E-state index is 0.0895. The largest absolute Gasteiger partial charge is 0.497 e. The molecule has 0 radical (unpaired) electrons. The maximum absolute atomic E-state index is 12.9. The van der Waals surface area contributed by atoms with Crippen molar-refractivity contribution in [3.8, 4) is 5.75 Å². The van der Waals surface area contributed by atoms with E-state index in [1.165, 1.54) is 30.2 Å². The molecule has 0 aromatic heterocycles. The number of nitrogens with one attached hydrogen (secondary N) is 1. The zero-order valence-corrected chi connectivity index (χ0v) is 18.7. The average Bonchev–Trinajstić information content (AvgIpc) is 2.72. The standard InChI is InChI=1S/C21H25BrN2O4S/c1-28-16-7-5-15(6-8-16)21(11-3-2-4-12-21)14-24-20(25)18-13-17(29(23,26)27)9-10-19(18)22/h5-10,13H,2-4,11-12,14H2,1H3,(H,24,25)(H2,23,26,27). The van der Waals surface area contributed by atoms with Gasteiger partial charge in [0.2, 0.25) is 10.0 Å². The summed E-state index contributed by atoms with van der Waals surface area (Å²) in [6.07, 6.45) is 5.36. The van der Waals surface area contributed by atoms with Crippen LogP contribution in [0.3, 0.4) is 0 Å².